The van der Waals surface area contributed by atoms with E-state index >= 15 is 0 Å². The fourth-order valence-corrected chi connectivity index (χ4v) is 2.57. The molecule has 0 radical (unpaired) electrons. The van der Waals surface area contributed by atoms with Crippen LogP contribution in [0.25, 0.3) is 0 Å². The van der Waals surface area contributed by atoms with Crippen LogP contribution in [0.15, 0.2) is 12.7 Å². The molecule has 0 bridgehead atoms. The van der Waals surface area contributed by atoms with Gasteiger partial charge in [-0.3, -0.25) is 15.0 Å². The van der Waals surface area contributed by atoms with Gasteiger partial charge in [0.25, 0.3) is 0 Å². The van der Waals surface area contributed by atoms with Gasteiger partial charge in [-0.2, -0.15) is 0 Å². The van der Waals surface area contributed by atoms with Gasteiger partial charge in [-0.1, -0.05) is 12.5 Å². The van der Waals surface area contributed by atoms with Crippen molar-refractivity contribution < 1.29 is 19.1 Å². The van der Waals surface area contributed by atoms with Crippen molar-refractivity contribution >= 4 is 18.0 Å². The Bertz CT molecular complexity index is 488. The van der Waals surface area contributed by atoms with Crippen LogP contribution in [0.2, 0.25) is 0 Å². The second kappa shape index (κ2) is 10.0. The van der Waals surface area contributed by atoms with E-state index in [1.165, 1.54) is 6.08 Å². The summed E-state index contributed by atoms with van der Waals surface area (Å²) in [5.74, 6) is -0.370. The van der Waals surface area contributed by atoms with Crippen LogP contribution in [-0.4, -0.2) is 60.8 Å². The maximum atomic E-state index is 12.0. The van der Waals surface area contributed by atoms with Gasteiger partial charge in [0.05, 0.1) is 6.54 Å². The van der Waals surface area contributed by atoms with E-state index in [0.717, 1.165) is 25.8 Å². The number of hydrogen-bond acceptors (Lipinski definition) is 5. The topological polar surface area (TPSA) is 99.8 Å². The maximum Gasteiger partial charge on any atom is 0.407 e. The van der Waals surface area contributed by atoms with E-state index in [1.807, 2.05) is 4.90 Å². The summed E-state index contributed by atoms with van der Waals surface area (Å²) in [4.78, 5) is 37.3. The molecule has 1 unspecified atom stereocenters. The summed E-state index contributed by atoms with van der Waals surface area (Å²) in [7, 11) is 0. The largest absolute Gasteiger partial charge is 0.444 e. The van der Waals surface area contributed by atoms with Gasteiger partial charge in [0.15, 0.2) is 0 Å². The molecule has 1 aliphatic rings. The molecule has 3 N–H and O–H groups in total. The lowest BCUT2D eigenvalue weighted by Crippen LogP contribution is -2.52. The molecular weight excluding hydrogens is 324 g/mol. The number of ether oxygens (including phenoxy) is 1. The standard InChI is InChI=1S/C17H30N4O4/c1-5-9-18-15(23)20-14(22)12-21-10-7-6-8-13(21)11-19-16(24)25-17(2,3)4/h5,13H,1,6-12H2,2-4H3,(H,19,24)(H2,18,20,22,23). The molecule has 1 heterocycles. The molecular formula is C17H30N4O4. The van der Waals surface area contributed by atoms with Crippen LogP contribution in [0.5, 0.6) is 0 Å². The molecule has 1 atom stereocenters. The number of nitrogens with one attached hydrogen (secondary N) is 3. The van der Waals surface area contributed by atoms with Crippen molar-refractivity contribution in [2.75, 3.05) is 26.2 Å². The van der Waals surface area contributed by atoms with Crippen molar-refractivity contribution in [1.29, 1.82) is 0 Å². The van der Waals surface area contributed by atoms with Gasteiger partial charge in [0.2, 0.25) is 5.91 Å². The Morgan fingerprint density at radius 3 is 2.60 bits per heavy atom. The lowest BCUT2D eigenvalue weighted by atomic mass is 10.0. The molecule has 1 aliphatic heterocycles. The first-order valence-corrected chi connectivity index (χ1v) is 8.60. The molecule has 1 rings (SSSR count). The van der Waals surface area contributed by atoms with Gasteiger partial charge in [-0.15, -0.1) is 6.58 Å². The molecule has 0 saturated carbocycles. The van der Waals surface area contributed by atoms with E-state index < -0.39 is 17.7 Å². The first kappa shape index (κ1) is 21.0. The molecule has 8 heteroatoms. The maximum absolute atomic E-state index is 12.0. The van der Waals surface area contributed by atoms with Crippen LogP contribution in [0, 0.1) is 0 Å². The predicted octanol–water partition coefficient (Wildman–Crippen LogP) is 1.38. The number of rotatable bonds is 6. The average Bonchev–Trinajstić information content (AvgIpc) is 2.50. The van der Waals surface area contributed by atoms with Crippen LogP contribution in [-0.2, 0) is 9.53 Å². The minimum absolute atomic E-state index is 0.0447. The normalized spacial score (nSPS) is 18.1. The van der Waals surface area contributed by atoms with E-state index in [4.69, 9.17) is 4.74 Å². The molecule has 4 amide bonds. The number of urea groups is 1. The first-order chi connectivity index (χ1) is 11.7. The monoisotopic (exact) mass is 354 g/mol. The number of nitrogens with zero attached hydrogens (tertiary/aromatic N) is 1. The Labute approximate surface area is 149 Å². The van der Waals surface area contributed by atoms with Gasteiger partial charge in [0, 0.05) is 19.1 Å². The Morgan fingerprint density at radius 2 is 1.96 bits per heavy atom. The second-order valence-electron chi connectivity index (χ2n) is 7.05. The van der Waals surface area contributed by atoms with Crippen molar-refractivity contribution in [3.63, 3.8) is 0 Å². The Morgan fingerprint density at radius 1 is 1.24 bits per heavy atom. The van der Waals surface area contributed by atoms with Crippen molar-refractivity contribution in [3.8, 4) is 0 Å². The fraction of sp³-hybridized carbons (Fsp3) is 0.706. The van der Waals surface area contributed by atoms with Crippen LogP contribution in [0.4, 0.5) is 9.59 Å². The number of amides is 4. The van der Waals surface area contributed by atoms with E-state index in [2.05, 4.69) is 22.5 Å². The van der Waals surface area contributed by atoms with Gasteiger partial charge >= 0.3 is 12.1 Å². The number of piperidine rings is 1. The fourth-order valence-electron chi connectivity index (χ4n) is 2.57. The van der Waals surface area contributed by atoms with Crippen LogP contribution < -0.4 is 16.0 Å². The summed E-state index contributed by atoms with van der Waals surface area (Å²) in [5.41, 5.74) is -0.547. The SMILES string of the molecule is C=CCNC(=O)NC(=O)CN1CCCCC1CNC(=O)OC(C)(C)C. The number of hydrogen-bond donors (Lipinski definition) is 3. The summed E-state index contributed by atoms with van der Waals surface area (Å²) >= 11 is 0. The number of likely N-dealkylation sites (tertiary alicyclic amines) is 1. The zero-order chi connectivity index (χ0) is 18.9. The van der Waals surface area contributed by atoms with Gasteiger partial charge in [-0.25, -0.2) is 9.59 Å². The molecule has 0 aromatic heterocycles. The van der Waals surface area contributed by atoms with Crippen molar-refractivity contribution in [2.45, 2.75) is 51.7 Å². The minimum atomic E-state index is -0.547. The molecule has 0 aromatic rings. The molecule has 0 aromatic carbocycles. The predicted molar refractivity (Wildman–Crippen MR) is 95.2 cm³/mol. The van der Waals surface area contributed by atoms with E-state index in [1.54, 1.807) is 20.8 Å². The van der Waals surface area contributed by atoms with Crippen LogP contribution in [0.1, 0.15) is 40.0 Å². The smallest absolute Gasteiger partial charge is 0.407 e. The summed E-state index contributed by atoms with van der Waals surface area (Å²) in [6, 6.07) is -0.492. The quantitative estimate of drug-likeness (QED) is 0.626. The highest BCUT2D eigenvalue weighted by molar-refractivity contribution is 5.95. The zero-order valence-electron chi connectivity index (χ0n) is 15.4. The van der Waals surface area contributed by atoms with Gasteiger partial charge in [-0.05, 0) is 40.2 Å². The van der Waals surface area contributed by atoms with Crippen LogP contribution >= 0.6 is 0 Å². The molecule has 25 heavy (non-hydrogen) atoms. The molecule has 1 saturated heterocycles. The number of imide groups is 1. The molecule has 8 nitrogen and oxygen atoms in total. The number of carbonyl (C=O) groups is 3. The highest BCUT2D eigenvalue weighted by Crippen LogP contribution is 2.16. The Hall–Kier alpha value is -2.09. The third-order valence-electron chi connectivity index (χ3n) is 3.64. The molecule has 0 spiro atoms. The lowest BCUT2D eigenvalue weighted by molar-refractivity contribution is -0.122. The number of carbonyl (C=O) groups excluding carboxylic acids is 3. The summed E-state index contributed by atoms with van der Waals surface area (Å²) in [5, 5.41) is 7.54. The minimum Gasteiger partial charge on any atom is -0.444 e. The van der Waals surface area contributed by atoms with Crippen molar-refractivity contribution in [2.24, 2.45) is 0 Å². The number of alkyl carbamates (subject to hydrolysis) is 1. The lowest BCUT2D eigenvalue weighted by Gasteiger charge is -2.35. The van der Waals surface area contributed by atoms with Crippen molar-refractivity contribution in [3.05, 3.63) is 12.7 Å². The summed E-state index contributed by atoms with van der Waals surface area (Å²) in [6.45, 7) is 10.5. The van der Waals surface area contributed by atoms with Crippen LogP contribution in [0.3, 0.4) is 0 Å². The molecule has 142 valence electrons. The first-order valence-electron chi connectivity index (χ1n) is 8.60. The third kappa shape index (κ3) is 9.09. The Balaban J connectivity index is 2.45. The third-order valence-corrected chi connectivity index (χ3v) is 3.64. The summed E-state index contributed by atoms with van der Waals surface area (Å²) < 4.78 is 5.23. The molecule has 1 fully saturated rings. The van der Waals surface area contributed by atoms with E-state index in [9.17, 15) is 14.4 Å². The second-order valence-corrected chi connectivity index (χ2v) is 7.05. The average molecular weight is 354 g/mol. The highest BCUT2D eigenvalue weighted by atomic mass is 16.6. The highest BCUT2D eigenvalue weighted by Gasteiger charge is 2.26. The summed E-state index contributed by atoms with van der Waals surface area (Å²) in [6.07, 6.45) is 3.97. The Kier molecular flexibility index (Phi) is 8.40. The van der Waals surface area contributed by atoms with Gasteiger partial charge in [0.1, 0.15) is 5.60 Å². The van der Waals surface area contributed by atoms with Crippen molar-refractivity contribution in [1.82, 2.24) is 20.9 Å². The van der Waals surface area contributed by atoms with E-state index in [-0.39, 0.29) is 18.5 Å². The van der Waals surface area contributed by atoms with Gasteiger partial charge < -0.3 is 15.4 Å². The zero-order valence-corrected chi connectivity index (χ0v) is 15.4. The molecule has 0 aliphatic carbocycles. The van der Waals surface area contributed by atoms with E-state index in [0.29, 0.717) is 13.1 Å².